The van der Waals surface area contributed by atoms with Crippen molar-refractivity contribution in [3.8, 4) is 5.69 Å². The van der Waals surface area contributed by atoms with E-state index >= 15 is 0 Å². The molecule has 0 aliphatic carbocycles. The van der Waals surface area contributed by atoms with E-state index in [2.05, 4.69) is 10.4 Å². The molecule has 1 saturated heterocycles. The van der Waals surface area contributed by atoms with Gasteiger partial charge in [-0.05, 0) is 58.0 Å². The number of hydrogen-bond acceptors (Lipinski definition) is 4. The summed E-state index contributed by atoms with van der Waals surface area (Å²) in [5, 5.41) is 7.64. The topological polar surface area (TPSA) is 67.2 Å². The first-order chi connectivity index (χ1) is 14.1. The zero-order valence-corrected chi connectivity index (χ0v) is 18.9. The quantitative estimate of drug-likeness (QED) is 0.719. The predicted octanol–water partition coefficient (Wildman–Crippen LogP) is 3.80. The first-order valence-corrected chi connectivity index (χ1v) is 11.0. The van der Waals surface area contributed by atoms with Gasteiger partial charge in [0.2, 0.25) is 11.8 Å². The molecule has 1 aliphatic rings. The van der Waals surface area contributed by atoms with Crippen LogP contribution in [-0.2, 0) is 9.59 Å². The van der Waals surface area contributed by atoms with Crippen molar-refractivity contribution in [3.05, 3.63) is 52.6 Å². The number of benzene rings is 1. The molecule has 2 aromatic rings. The number of thioether (sulfide) groups is 1. The summed E-state index contributed by atoms with van der Waals surface area (Å²) < 4.78 is 14.7. The average molecular weight is 451 g/mol. The van der Waals surface area contributed by atoms with Crippen LogP contribution in [0.4, 0.5) is 4.39 Å². The zero-order chi connectivity index (χ0) is 22.1. The van der Waals surface area contributed by atoms with Crippen molar-refractivity contribution < 1.29 is 14.0 Å². The summed E-state index contributed by atoms with van der Waals surface area (Å²) in [7, 11) is 0. The highest BCUT2D eigenvalue weighted by Crippen LogP contribution is 2.26. The minimum atomic E-state index is -0.509. The molecule has 1 unspecified atom stereocenters. The number of aryl methyl sites for hydroxylation is 1. The standard InChI is InChI=1S/C21H24ClFN4O2S/c1-13-16(19(22)27(25-13)15-7-5-14(23)6-8-15)9-10-18(28)26-12-30-11-17(26)20(29)24-21(2,3)4/h5-10,17H,11-12H2,1-4H3,(H,24,29)/b10-9+. The number of nitrogens with zero attached hydrogens (tertiary/aromatic N) is 3. The summed E-state index contributed by atoms with van der Waals surface area (Å²) in [5.74, 6) is 0.237. The molecule has 0 radical (unpaired) electrons. The highest BCUT2D eigenvalue weighted by Gasteiger charge is 2.35. The highest BCUT2D eigenvalue weighted by molar-refractivity contribution is 7.99. The number of hydrogen-bond donors (Lipinski definition) is 1. The fraction of sp³-hybridized carbons (Fsp3) is 0.381. The Morgan fingerprint density at radius 1 is 1.30 bits per heavy atom. The van der Waals surface area contributed by atoms with Crippen molar-refractivity contribution in [1.82, 2.24) is 20.0 Å². The van der Waals surface area contributed by atoms with Gasteiger partial charge in [0.05, 0.1) is 17.3 Å². The third-order valence-corrected chi connectivity index (χ3v) is 5.85. The van der Waals surface area contributed by atoms with Crippen molar-refractivity contribution in [1.29, 1.82) is 0 Å². The Bertz CT molecular complexity index is 982. The van der Waals surface area contributed by atoms with Crippen LogP contribution in [0.15, 0.2) is 30.3 Å². The molecule has 160 valence electrons. The van der Waals surface area contributed by atoms with Crippen molar-refractivity contribution in [2.45, 2.75) is 39.3 Å². The van der Waals surface area contributed by atoms with Crippen LogP contribution >= 0.6 is 23.4 Å². The number of nitrogens with one attached hydrogen (secondary N) is 1. The summed E-state index contributed by atoms with van der Waals surface area (Å²) in [5.41, 5.74) is 1.47. The lowest BCUT2D eigenvalue weighted by atomic mass is 10.1. The molecular weight excluding hydrogens is 427 g/mol. The fourth-order valence-corrected chi connectivity index (χ4v) is 4.53. The maximum absolute atomic E-state index is 13.2. The maximum atomic E-state index is 13.2. The molecule has 1 aliphatic heterocycles. The number of rotatable bonds is 4. The van der Waals surface area contributed by atoms with Crippen LogP contribution in [0.2, 0.25) is 5.15 Å². The molecule has 6 nitrogen and oxygen atoms in total. The molecule has 0 spiro atoms. The van der Waals surface area contributed by atoms with Crippen LogP contribution in [0.25, 0.3) is 11.8 Å². The van der Waals surface area contributed by atoms with Gasteiger partial charge >= 0.3 is 0 Å². The van der Waals surface area contributed by atoms with Gasteiger partial charge in [-0.3, -0.25) is 9.59 Å². The van der Waals surface area contributed by atoms with Gasteiger partial charge in [0.1, 0.15) is 17.0 Å². The Balaban J connectivity index is 1.78. The normalized spacial score (nSPS) is 17.0. The Labute approximate surface area is 184 Å². The van der Waals surface area contributed by atoms with Gasteiger partial charge in [-0.15, -0.1) is 11.8 Å². The molecular formula is C21H24ClFN4O2S. The summed E-state index contributed by atoms with van der Waals surface area (Å²) >= 11 is 8.00. The van der Waals surface area contributed by atoms with Crippen molar-refractivity contribution in [2.75, 3.05) is 11.6 Å². The monoisotopic (exact) mass is 450 g/mol. The van der Waals surface area contributed by atoms with Crippen LogP contribution in [0, 0.1) is 12.7 Å². The molecule has 1 N–H and O–H groups in total. The average Bonchev–Trinajstić information content (AvgIpc) is 3.25. The van der Waals surface area contributed by atoms with Gasteiger partial charge in [0.15, 0.2) is 0 Å². The number of halogens is 2. The Hall–Kier alpha value is -2.32. The second-order valence-electron chi connectivity index (χ2n) is 8.07. The van der Waals surface area contributed by atoms with Crippen LogP contribution in [0.1, 0.15) is 32.0 Å². The molecule has 0 bridgehead atoms. The largest absolute Gasteiger partial charge is 0.350 e. The first kappa shape index (κ1) is 22.4. The predicted molar refractivity (Wildman–Crippen MR) is 118 cm³/mol. The van der Waals surface area contributed by atoms with E-state index in [0.29, 0.717) is 33.7 Å². The van der Waals surface area contributed by atoms with E-state index in [9.17, 15) is 14.0 Å². The van der Waals surface area contributed by atoms with Crippen LogP contribution in [-0.4, -0.2) is 49.7 Å². The van der Waals surface area contributed by atoms with E-state index in [1.165, 1.54) is 22.9 Å². The summed E-state index contributed by atoms with van der Waals surface area (Å²) in [4.78, 5) is 26.9. The van der Waals surface area contributed by atoms with E-state index in [-0.39, 0.29) is 23.2 Å². The Kier molecular flexibility index (Phi) is 6.57. The zero-order valence-electron chi connectivity index (χ0n) is 17.3. The van der Waals surface area contributed by atoms with Gasteiger partial charge in [-0.1, -0.05) is 11.6 Å². The third kappa shape index (κ3) is 5.05. The highest BCUT2D eigenvalue weighted by atomic mass is 35.5. The number of carbonyl (C=O) groups is 2. The number of aromatic nitrogens is 2. The first-order valence-electron chi connectivity index (χ1n) is 9.46. The van der Waals surface area contributed by atoms with E-state index in [1.807, 2.05) is 20.8 Å². The van der Waals surface area contributed by atoms with Crippen molar-refractivity contribution in [3.63, 3.8) is 0 Å². The minimum Gasteiger partial charge on any atom is -0.350 e. The number of amides is 2. The van der Waals surface area contributed by atoms with E-state index in [4.69, 9.17) is 11.6 Å². The van der Waals surface area contributed by atoms with E-state index in [1.54, 1.807) is 41.8 Å². The lowest BCUT2D eigenvalue weighted by Gasteiger charge is -2.27. The van der Waals surface area contributed by atoms with Crippen LogP contribution in [0.5, 0.6) is 0 Å². The summed E-state index contributed by atoms with van der Waals surface area (Å²) in [6.07, 6.45) is 3.02. The molecule has 1 atom stereocenters. The molecule has 1 fully saturated rings. The maximum Gasteiger partial charge on any atom is 0.247 e. The Morgan fingerprint density at radius 3 is 2.60 bits per heavy atom. The minimum absolute atomic E-state index is 0.160. The summed E-state index contributed by atoms with van der Waals surface area (Å²) in [6, 6.07) is 5.30. The van der Waals surface area contributed by atoms with Crippen molar-refractivity contribution in [2.24, 2.45) is 0 Å². The second-order valence-corrected chi connectivity index (χ2v) is 9.43. The lowest BCUT2D eigenvalue weighted by molar-refractivity contribution is -0.135. The molecule has 30 heavy (non-hydrogen) atoms. The lowest BCUT2D eigenvalue weighted by Crippen LogP contribution is -2.52. The second kappa shape index (κ2) is 8.81. The fourth-order valence-electron chi connectivity index (χ4n) is 3.03. The van der Waals surface area contributed by atoms with Gasteiger partial charge in [0, 0.05) is 22.9 Å². The molecule has 3 rings (SSSR count). The van der Waals surface area contributed by atoms with Crippen molar-refractivity contribution >= 4 is 41.3 Å². The molecule has 9 heteroatoms. The van der Waals surface area contributed by atoms with Gasteiger partial charge in [-0.2, -0.15) is 5.10 Å². The van der Waals surface area contributed by atoms with Gasteiger partial charge in [0.25, 0.3) is 0 Å². The smallest absolute Gasteiger partial charge is 0.247 e. The molecule has 1 aromatic carbocycles. The molecule has 2 heterocycles. The van der Waals surface area contributed by atoms with Gasteiger partial charge < -0.3 is 10.2 Å². The van der Waals surface area contributed by atoms with Gasteiger partial charge in [-0.25, -0.2) is 9.07 Å². The number of carbonyl (C=O) groups excluding carboxylic acids is 2. The molecule has 0 saturated carbocycles. The van der Waals surface area contributed by atoms with E-state index in [0.717, 1.165) is 0 Å². The van der Waals surface area contributed by atoms with Crippen LogP contribution in [0.3, 0.4) is 0 Å². The summed E-state index contributed by atoms with van der Waals surface area (Å²) in [6.45, 7) is 7.50. The van der Waals surface area contributed by atoms with E-state index < -0.39 is 6.04 Å². The molecule has 1 aromatic heterocycles. The molecule has 2 amide bonds. The SMILES string of the molecule is Cc1nn(-c2ccc(F)cc2)c(Cl)c1/C=C/C(=O)N1CSCC1C(=O)NC(C)(C)C. The third-order valence-electron chi connectivity index (χ3n) is 4.48. The van der Waals surface area contributed by atoms with Crippen LogP contribution < -0.4 is 5.32 Å². The Morgan fingerprint density at radius 2 is 1.97 bits per heavy atom.